The number of nitro benzene ring substituents is 1. The molecule has 1 atom stereocenters. The minimum atomic E-state index is -0.498. The average molecular weight is 267 g/mol. The van der Waals surface area contributed by atoms with Crippen molar-refractivity contribution in [3.63, 3.8) is 0 Å². The van der Waals surface area contributed by atoms with Crippen LogP contribution in [0.15, 0.2) is 24.8 Å². The molecule has 0 fully saturated rings. The van der Waals surface area contributed by atoms with Crippen molar-refractivity contribution in [3.05, 3.63) is 40.5 Å². The van der Waals surface area contributed by atoms with Crippen molar-refractivity contribution < 1.29 is 19.5 Å². The maximum absolute atomic E-state index is 11.1. The number of nitro groups is 1. The molecule has 6 nitrogen and oxygen atoms in total. The Hall–Kier alpha value is -2.08. The Bertz CT molecular complexity index is 472. The molecule has 0 saturated carbocycles. The van der Waals surface area contributed by atoms with Crippen LogP contribution in [-0.4, -0.2) is 30.4 Å². The van der Waals surface area contributed by atoms with Gasteiger partial charge in [-0.05, 0) is 6.07 Å². The topological polar surface area (TPSA) is 81.8 Å². The first-order chi connectivity index (χ1) is 9.04. The highest BCUT2D eigenvalue weighted by atomic mass is 16.6. The zero-order chi connectivity index (χ0) is 14.4. The van der Waals surface area contributed by atoms with Gasteiger partial charge >= 0.3 is 0 Å². The maximum Gasteiger partial charge on any atom is 0.276 e. The molecule has 1 N–H and O–H groups in total. The molecule has 6 heteroatoms. The zero-order valence-electron chi connectivity index (χ0n) is 11.0. The molecule has 1 unspecified atom stereocenters. The highest BCUT2D eigenvalue weighted by molar-refractivity contribution is 5.55. The van der Waals surface area contributed by atoms with Gasteiger partial charge in [-0.25, -0.2) is 0 Å². The van der Waals surface area contributed by atoms with E-state index in [1.54, 1.807) is 6.92 Å². The lowest BCUT2D eigenvalue weighted by molar-refractivity contribution is -0.385. The lowest BCUT2D eigenvalue weighted by atomic mass is 9.99. The summed E-state index contributed by atoms with van der Waals surface area (Å²) >= 11 is 0. The van der Waals surface area contributed by atoms with Gasteiger partial charge in [0.2, 0.25) is 0 Å². The molecule has 0 aliphatic heterocycles. The van der Waals surface area contributed by atoms with E-state index in [0.717, 1.165) is 0 Å². The number of rotatable bonds is 7. The van der Waals surface area contributed by atoms with Gasteiger partial charge < -0.3 is 14.6 Å². The third-order valence-corrected chi connectivity index (χ3v) is 2.67. The quantitative estimate of drug-likeness (QED) is 0.465. The second kappa shape index (κ2) is 6.75. The van der Waals surface area contributed by atoms with Crippen molar-refractivity contribution in [2.45, 2.75) is 12.8 Å². The zero-order valence-corrected chi connectivity index (χ0v) is 11.0. The summed E-state index contributed by atoms with van der Waals surface area (Å²) in [4.78, 5) is 10.6. The van der Waals surface area contributed by atoms with E-state index in [1.807, 2.05) is 0 Å². The van der Waals surface area contributed by atoms with Crippen LogP contribution in [0.4, 0.5) is 5.69 Å². The lowest BCUT2D eigenvalue weighted by Crippen LogP contribution is -2.06. The van der Waals surface area contributed by atoms with E-state index >= 15 is 0 Å². The largest absolute Gasteiger partial charge is 0.493 e. The predicted octanol–water partition coefficient (Wildman–Crippen LogP) is 2.26. The first kappa shape index (κ1) is 15.0. The molecule has 104 valence electrons. The van der Waals surface area contributed by atoms with Crippen molar-refractivity contribution in [3.8, 4) is 11.5 Å². The number of hydrogen-bond donors (Lipinski definition) is 1. The first-order valence-corrected chi connectivity index (χ1v) is 5.76. The molecule has 19 heavy (non-hydrogen) atoms. The molecular formula is C13H17NO5. The van der Waals surface area contributed by atoms with Crippen LogP contribution in [0.25, 0.3) is 0 Å². The Morgan fingerprint density at radius 3 is 2.68 bits per heavy atom. The van der Waals surface area contributed by atoms with Gasteiger partial charge in [0, 0.05) is 18.1 Å². The van der Waals surface area contributed by atoms with Gasteiger partial charge in [-0.2, -0.15) is 0 Å². The number of aliphatic hydroxyl groups excluding tert-OH is 1. The Labute approximate surface area is 111 Å². The highest BCUT2D eigenvalue weighted by Gasteiger charge is 2.23. The third-order valence-electron chi connectivity index (χ3n) is 2.67. The van der Waals surface area contributed by atoms with Gasteiger partial charge in [0.25, 0.3) is 5.69 Å². The molecule has 0 aromatic heterocycles. The molecular weight excluding hydrogens is 250 g/mol. The van der Waals surface area contributed by atoms with Crippen LogP contribution in [0.2, 0.25) is 0 Å². The number of benzene rings is 1. The van der Waals surface area contributed by atoms with Crippen LogP contribution in [0.5, 0.6) is 11.5 Å². The Kier molecular flexibility index (Phi) is 5.32. The molecule has 0 amide bonds. The van der Waals surface area contributed by atoms with Gasteiger partial charge in [0.05, 0.1) is 18.1 Å². The van der Waals surface area contributed by atoms with Crippen LogP contribution >= 0.6 is 0 Å². The Morgan fingerprint density at radius 1 is 1.53 bits per heavy atom. The van der Waals surface area contributed by atoms with Crippen molar-refractivity contribution in [1.29, 1.82) is 0 Å². The molecule has 0 aliphatic rings. The van der Waals surface area contributed by atoms with Gasteiger partial charge in [0.1, 0.15) is 6.61 Å². The van der Waals surface area contributed by atoms with Crippen LogP contribution in [0.3, 0.4) is 0 Å². The maximum atomic E-state index is 11.1. The normalized spacial score (nSPS) is 11.7. The predicted molar refractivity (Wildman–Crippen MR) is 70.8 cm³/mol. The number of aliphatic hydroxyl groups is 1. The van der Waals surface area contributed by atoms with Gasteiger partial charge in [-0.1, -0.05) is 19.6 Å². The lowest BCUT2D eigenvalue weighted by Gasteiger charge is -2.14. The fourth-order valence-corrected chi connectivity index (χ4v) is 1.64. The first-order valence-electron chi connectivity index (χ1n) is 5.76. The number of methoxy groups -OCH3 is 1. The minimum Gasteiger partial charge on any atom is -0.493 e. The van der Waals surface area contributed by atoms with E-state index in [4.69, 9.17) is 14.6 Å². The third kappa shape index (κ3) is 3.45. The Balaban J connectivity index is 3.32. The van der Waals surface area contributed by atoms with E-state index in [9.17, 15) is 10.1 Å². The summed E-state index contributed by atoms with van der Waals surface area (Å²) in [5, 5.41) is 20.2. The van der Waals surface area contributed by atoms with E-state index in [2.05, 4.69) is 6.58 Å². The molecule has 0 radical (unpaired) electrons. The van der Waals surface area contributed by atoms with Crippen LogP contribution in [-0.2, 0) is 0 Å². The second-order valence-corrected chi connectivity index (χ2v) is 4.00. The average Bonchev–Trinajstić information content (AvgIpc) is 2.42. The molecule has 0 saturated heterocycles. The van der Waals surface area contributed by atoms with Crippen LogP contribution in [0.1, 0.15) is 18.4 Å². The van der Waals surface area contributed by atoms with Gasteiger partial charge in [-0.3, -0.25) is 10.1 Å². The van der Waals surface area contributed by atoms with Crippen molar-refractivity contribution in [1.82, 2.24) is 0 Å². The highest BCUT2D eigenvalue weighted by Crippen LogP contribution is 2.37. The fourth-order valence-electron chi connectivity index (χ4n) is 1.64. The molecule has 1 aromatic rings. The molecule has 1 rings (SSSR count). The minimum absolute atomic E-state index is 0.0959. The van der Waals surface area contributed by atoms with Crippen LogP contribution < -0.4 is 9.47 Å². The summed E-state index contributed by atoms with van der Waals surface area (Å²) in [5.74, 6) is 0.313. The van der Waals surface area contributed by atoms with Gasteiger partial charge in [0.15, 0.2) is 11.5 Å². The molecule has 0 spiro atoms. The van der Waals surface area contributed by atoms with Gasteiger partial charge in [-0.15, -0.1) is 0 Å². The fraction of sp³-hybridized carbons (Fsp3) is 0.385. The second-order valence-electron chi connectivity index (χ2n) is 4.00. The smallest absolute Gasteiger partial charge is 0.276 e. The van der Waals surface area contributed by atoms with E-state index in [1.165, 1.54) is 25.3 Å². The summed E-state index contributed by atoms with van der Waals surface area (Å²) in [6, 6.07) is 2.83. The Morgan fingerprint density at radius 2 is 2.21 bits per heavy atom. The number of hydrogen-bond acceptors (Lipinski definition) is 5. The standard InChI is InChI=1S/C13H17NO5/c1-4-5-19-13-7-11(14(16)17)10(9(2)8-15)6-12(13)18-3/h4,6-7,9,15H,1,5,8H2,2-3H3. The monoisotopic (exact) mass is 267 g/mol. The van der Waals surface area contributed by atoms with Crippen molar-refractivity contribution in [2.24, 2.45) is 0 Å². The van der Waals surface area contributed by atoms with E-state index < -0.39 is 4.92 Å². The van der Waals surface area contributed by atoms with Crippen LogP contribution in [0, 0.1) is 10.1 Å². The SMILES string of the molecule is C=CCOc1cc([N+](=O)[O-])c(C(C)CO)cc1OC. The molecule has 0 aliphatic carbocycles. The summed E-state index contributed by atoms with van der Waals surface area (Å²) in [5.41, 5.74) is 0.316. The molecule has 0 bridgehead atoms. The van der Waals surface area contributed by atoms with E-state index in [0.29, 0.717) is 11.3 Å². The molecule has 0 heterocycles. The summed E-state index contributed by atoms with van der Waals surface area (Å²) < 4.78 is 10.5. The number of ether oxygens (including phenoxy) is 2. The van der Waals surface area contributed by atoms with E-state index in [-0.39, 0.29) is 30.6 Å². The van der Waals surface area contributed by atoms with Crippen molar-refractivity contribution >= 4 is 5.69 Å². The number of nitrogens with zero attached hydrogens (tertiary/aromatic N) is 1. The summed E-state index contributed by atoms with van der Waals surface area (Å²) in [6.45, 7) is 5.26. The molecule has 1 aromatic carbocycles. The summed E-state index contributed by atoms with van der Waals surface area (Å²) in [7, 11) is 1.45. The van der Waals surface area contributed by atoms with Crippen molar-refractivity contribution in [2.75, 3.05) is 20.3 Å². The summed E-state index contributed by atoms with van der Waals surface area (Å²) in [6.07, 6.45) is 1.54.